The predicted octanol–water partition coefficient (Wildman–Crippen LogP) is 3.21. The molecule has 2 rings (SSSR count). The number of rotatable bonds is 4. The van der Waals surface area contributed by atoms with Crippen LogP contribution in [0.3, 0.4) is 0 Å². The number of nitrogens with two attached hydrogens (primary N) is 1. The van der Waals surface area contributed by atoms with Crippen LogP contribution in [0.15, 0.2) is 18.2 Å². The first-order valence-corrected chi connectivity index (χ1v) is 7.00. The second-order valence-corrected chi connectivity index (χ2v) is 5.16. The fraction of sp³-hybridized carbons (Fsp3) is 0.400. The molecular weight excluding hydrogens is 258 g/mol. The number of benzene rings is 1. The molecule has 1 aromatic carbocycles. The lowest BCUT2D eigenvalue weighted by Crippen LogP contribution is -2.09. The Hall–Kier alpha value is -1.32. The van der Waals surface area contributed by atoms with E-state index >= 15 is 0 Å². The van der Waals surface area contributed by atoms with E-state index in [-0.39, 0.29) is 0 Å². The average molecular weight is 278 g/mol. The van der Waals surface area contributed by atoms with Gasteiger partial charge in [-0.1, -0.05) is 18.5 Å². The third-order valence-corrected chi connectivity index (χ3v) is 3.71. The van der Waals surface area contributed by atoms with Crippen LogP contribution >= 0.6 is 11.6 Å². The van der Waals surface area contributed by atoms with E-state index < -0.39 is 0 Å². The molecule has 0 aliphatic carbocycles. The molecule has 0 fully saturated rings. The molecule has 0 amide bonds. The molecule has 0 aliphatic heterocycles. The van der Waals surface area contributed by atoms with Gasteiger partial charge in [-0.25, -0.2) is 4.68 Å². The second kappa shape index (κ2) is 5.76. The Kier molecular flexibility index (Phi) is 4.27. The number of halogens is 1. The van der Waals surface area contributed by atoms with Gasteiger partial charge in [-0.3, -0.25) is 0 Å². The van der Waals surface area contributed by atoms with E-state index in [1.165, 1.54) is 11.3 Å². The lowest BCUT2D eigenvalue weighted by atomic mass is 10.1. The summed E-state index contributed by atoms with van der Waals surface area (Å²) >= 11 is 6.07. The lowest BCUT2D eigenvalue weighted by Gasteiger charge is -2.11. The zero-order valence-corrected chi connectivity index (χ0v) is 12.5. The van der Waals surface area contributed by atoms with Gasteiger partial charge >= 0.3 is 0 Å². The van der Waals surface area contributed by atoms with E-state index in [2.05, 4.69) is 25.9 Å². The fourth-order valence-electron chi connectivity index (χ4n) is 2.54. The molecule has 0 saturated carbocycles. The molecule has 2 N–H and O–H groups in total. The van der Waals surface area contributed by atoms with Crippen LogP contribution in [0.4, 0.5) is 0 Å². The highest BCUT2D eigenvalue weighted by Gasteiger charge is 2.13. The van der Waals surface area contributed by atoms with E-state index in [4.69, 9.17) is 17.3 Å². The zero-order valence-electron chi connectivity index (χ0n) is 11.7. The minimum absolute atomic E-state index is 0.604. The molecule has 0 aliphatic rings. The molecule has 0 spiro atoms. The van der Waals surface area contributed by atoms with Gasteiger partial charge in [0, 0.05) is 10.7 Å². The summed E-state index contributed by atoms with van der Waals surface area (Å²) < 4.78 is 2.01. The summed E-state index contributed by atoms with van der Waals surface area (Å²) in [5, 5.41) is 5.40. The quantitative estimate of drug-likeness (QED) is 0.933. The lowest BCUT2D eigenvalue weighted by molar-refractivity contribution is 0.813. The molecule has 19 heavy (non-hydrogen) atoms. The van der Waals surface area contributed by atoms with Crippen LogP contribution in [-0.4, -0.2) is 16.3 Å². The summed E-state index contributed by atoms with van der Waals surface area (Å²) in [6.07, 6.45) is 1.80. The summed E-state index contributed by atoms with van der Waals surface area (Å²) in [4.78, 5) is 0. The monoisotopic (exact) mass is 277 g/mol. The predicted molar refractivity (Wildman–Crippen MR) is 80.2 cm³/mol. The maximum atomic E-state index is 6.07. The maximum absolute atomic E-state index is 6.07. The van der Waals surface area contributed by atoms with E-state index in [1.54, 1.807) is 0 Å². The van der Waals surface area contributed by atoms with Crippen molar-refractivity contribution in [1.29, 1.82) is 0 Å². The normalized spacial score (nSPS) is 11.0. The standard InChI is InChI=1S/C15H20ClN3/c1-4-14-10(2)18-19(11(14)3)15-6-5-13(16)9-12(15)7-8-17/h5-6,9H,4,7-8,17H2,1-3H3. The van der Waals surface area contributed by atoms with Gasteiger partial charge in [0.05, 0.1) is 11.4 Å². The fourth-order valence-corrected chi connectivity index (χ4v) is 2.73. The molecule has 2 aromatic rings. The van der Waals surface area contributed by atoms with Gasteiger partial charge in [-0.05, 0) is 62.6 Å². The number of nitrogens with zero attached hydrogens (tertiary/aromatic N) is 2. The third kappa shape index (κ3) is 2.67. The second-order valence-electron chi connectivity index (χ2n) is 4.73. The van der Waals surface area contributed by atoms with E-state index in [0.29, 0.717) is 6.54 Å². The molecule has 3 nitrogen and oxygen atoms in total. The van der Waals surface area contributed by atoms with Crippen LogP contribution in [-0.2, 0) is 12.8 Å². The summed E-state index contributed by atoms with van der Waals surface area (Å²) in [6, 6.07) is 5.90. The Balaban J connectivity index is 2.58. The topological polar surface area (TPSA) is 43.8 Å². The van der Waals surface area contributed by atoms with Gasteiger partial charge in [0.15, 0.2) is 0 Å². The summed E-state index contributed by atoms with van der Waals surface area (Å²) in [5.41, 5.74) is 11.5. The van der Waals surface area contributed by atoms with Crippen LogP contribution in [0.25, 0.3) is 5.69 Å². The van der Waals surface area contributed by atoms with Crippen LogP contribution < -0.4 is 5.73 Å². The SMILES string of the molecule is CCc1c(C)nn(-c2ccc(Cl)cc2CCN)c1C. The van der Waals surface area contributed by atoms with Crippen molar-refractivity contribution in [2.24, 2.45) is 5.73 Å². The molecule has 102 valence electrons. The minimum atomic E-state index is 0.604. The number of aromatic nitrogens is 2. The van der Waals surface area contributed by atoms with E-state index in [1.807, 2.05) is 22.9 Å². The van der Waals surface area contributed by atoms with Crippen LogP contribution in [0.1, 0.15) is 29.4 Å². The Morgan fingerprint density at radius 1 is 1.32 bits per heavy atom. The number of hydrogen-bond donors (Lipinski definition) is 1. The van der Waals surface area contributed by atoms with Crippen molar-refractivity contribution in [2.75, 3.05) is 6.54 Å². The molecule has 1 heterocycles. The summed E-state index contributed by atoms with van der Waals surface area (Å²) in [5.74, 6) is 0. The maximum Gasteiger partial charge on any atom is 0.0682 e. The third-order valence-electron chi connectivity index (χ3n) is 3.48. The molecule has 0 bridgehead atoms. The Morgan fingerprint density at radius 2 is 2.05 bits per heavy atom. The number of hydrogen-bond acceptors (Lipinski definition) is 2. The van der Waals surface area contributed by atoms with E-state index in [9.17, 15) is 0 Å². The molecule has 0 atom stereocenters. The zero-order chi connectivity index (χ0) is 14.0. The van der Waals surface area contributed by atoms with Crippen molar-refractivity contribution in [3.63, 3.8) is 0 Å². The van der Waals surface area contributed by atoms with E-state index in [0.717, 1.165) is 34.8 Å². The Morgan fingerprint density at radius 3 is 2.63 bits per heavy atom. The highest BCUT2D eigenvalue weighted by atomic mass is 35.5. The van der Waals surface area contributed by atoms with Crippen LogP contribution in [0.5, 0.6) is 0 Å². The van der Waals surface area contributed by atoms with Crippen molar-refractivity contribution in [2.45, 2.75) is 33.6 Å². The van der Waals surface area contributed by atoms with Crippen LogP contribution in [0, 0.1) is 13.8 Å². The Labute approximate surface area is 119 Å². The van der Waals surface area contributed by atoms with Gasteiger partial charge in [0.1, 0.15) is 0 Å². The first-order chi connectivity index (χ1) is 9.08. The summed E-state index contributed by atoms with van der Waals surface area (Å²) in [6.45, 7) is 6.93. The molecule has 1 aromatic heterocycles. The number of aryl methyl sites for hydroxylation is 1. The van der Waals surface area contributed by atoms with Gasteiger partial charge in [0.25, 0.3) is 0 Å². The van der Waals surface area contributed by atoms with Crippen LogP contribution in [0.2, 0.25) is 5.02 Å². The van der Waals surface area contributed by atoms with Gasteiger partial charge in [0.2, 0.25) is 0 Å². The first-order valence-electron chi connectivity index (χ1n) is 6.62. The molecule has 0 saturated heterocycles. The van der Waals surface area contributed by atoms with Crippen molar-refractivity contribution in [3.05, 3.63) is 45.7 Å². The average Bonchev–Trinajstić information content (AvgIpc) is 2.65. The van der Waals surface area contributed by atoms with Gasteiger partial charge in [-0.15, -0.1) is 0 Å². The molecule has 0 radical (unpaired) electrons. The highest BCUT2D eigenvalue weighted by molar-refractivity contribution is 6.30. The van der Waals surface area contributed by atoms with Gasteiger partial charge < -0.3 is 5.73 Å². The van der Waals surface area contributed by atoms with Crippen molar-refractivity contribution >= 4 is 11.6 Å². The first kappa shape index (κ1) is 14.1. The van der Waals surface area contributed by atoms with Crippen molar-refractivity contribution in [3.8, 4) is 5.69 Å². The Bertz CT molecular complexity index is 587. The van der Waals surface area contributed by atoms with Gasteiger partial charge in [-0.2, -0.15) is 5.10 Å². The largest absolute Gasteiger partial charge is 0.330 e. The highest BCUT2D eigenvalue weighted by Crippen LogP contribution is 2.24. The van der Waals surface area contributed by atoms with Crippen molar-refractivity contribution < 1.29 is 0 Å². The molecular formula is C15H20ClN3. The minimum Gasteiger partial charge on any atom is -0.330 e. The molecule has 4 heteroatoms. The van der Waals surface area contributed by atoms with Crippen molar-refractivity contribution in [1.82, 2.24) is 9.78 Å². The smallest absolute Gasteiger partial charge is 0.0682 e. The summed E-state index contributed by atoms with van der Waals surface area (Å²) in [7, 11) is 0. The molecule has 0 unspecified atom stereocenters.